The number of aromatic amines is 1. The number of aromatic nitrogens is 3. The van der Waals surface area contributed by atoms with Crippen molar-refractivity contribution in [3.63, 3.8) is 0 Å². The molecule has 6 nitrogen and oxygen atoms in total. The van der Waals surface area contributed by atoms with Crippen LogP contribution in [0.25, 0.3) is 0 Å². The van der Waals surface area contributed by atoms with Gasteiger partial charge in [0.15, 0.2) is 11.5 Å². The lowest BCUT2D eigenvalue weighted by molar-refractivity contribution is 0.269. The molecule has 27 heavy (non-hydrogen) atoms. The Balaban J connectivity index is 1.78. The fraction of sp³-hybridized carbons (Fsp3) is 0.222. The number of ether oxygens (including phenoxy) is 2. The Hall–Kier alpha value is -2.22. The fourth-order valence-electron chi connectivity index (χ4n) is 2.43. The van der Waals surface area contributed by atoms with Gasteiger partial charge in [0.25, 0.3) is 0 Å². The summed E-state index contributed by atoms with van der Waals surface area (Å²) in [7, 11) is 0. The van der Waals surface area contributed by atoms with Crippen LogP contribution in [0.3, 0.4) is 0 Å². The minimum Gasteiger partial charge on any atom is -0.490 e. The van der Waals surface area contributed by atoms with Gasteiger partial charge in [0.2, 0.25) is 4.77 Å². The van der Waals surface area contributed by atoms with Crippen molar-refractivity contribution in [3.8, 4) is 11.5 Å². The van der Waals surface area contributed by atoms with Gasteiger partial charge in [-0.15, -0.1) is 0 Å². The fourth-order valence-corrected chi connectivity index (χ4v) is 3.07. The summed E-state index contributed by atoms with van der Waals surface area (Å²) >= 11 is 17.8. The molecule has 0 unspecified atom stereocenters. The summed E-state index contributed by atoms with van der Waals surface area (Å²) in [6, 6.07) is 11.2. The molecule has 1 aromatic heterocycles. The molecule has 0 atom stereocenters. The minimum absolute atomic E-state index is 0.293. The van der Waals surface area contributed by atoms with Crippen molar-refractivity contribution in [1.29, 1.82) is 0 Å². The van der Waals surface area contributed by atoms with Gasteiger partial charge in [0.05, 0.1) is 18.2 Å². The third kappa shape index (κ3) is 4.94. The van der Waals surface area contributed by atoms with E-state index >= 15 is 0 Å². The smallest absolute Gasteiger partial charge is 0.214 e. The van der Waals surface area contributed by atoms with Crippen LogP contribution in [-0.2, 0) is 13.2 Å². The van der Waals surface area contributed by atoms with Crippen molar-refractivity contribution in [2.45, 2.75) is 20.1 Å². The number of hydrogen-bond acceptors (Lipinski definition) is 5. The summed E-state index contributed by atoms with van der Waals surface area (Å²) in [6.45, 7) is 3.17. The summed E-state index contributed by atoms with van der Waals surface area (Å²) < 4.78 is 13.7. The Morgan fingerprint density at radius 3 is 2.70 bits per heavy atom. The van der Waals surface area contributed by atoms with E-state index in [4.69, 9.17) is 44.9 Å². The zero-order valence-electron chi connectivity index (χ0n) is 14.5. The van der Waals surface area contributed by atoms with Gasteiger partial charge in [-0.1, -0.05) is 41.4 Å². The summed E-state index contributed by atoms with van der Waals surface area (Å²) in [4.78, 5) is 0. The highest BCUT2D eigenvalue weighted by atomic mass is 35.5. The highest BCUT2D eigenvalue weighted by molar-refractivity contribution is 7.71. The molecule has 0 radical (unpaired) electrons. The van der Waals surface area contributed by atoms with Gasteiger partial charge in [0, 0.05) is 10.6 Å². The zero-order chi connectivity index (χ0) is 19.2. The number of halogens is 2. The van der Waals surface area contributed by atoms with E-state index < -0.39 is 0 Å². The molecule has 3 aromatic rings. The maximum absolute atomic E-state index is 6.46. The van der Waals surface area contributed by atoms with E-state index in [-0.39, 0.29) is 0 Å². The first-order valence-electron chi connectivity index (χ1n) is 8.25. The van der Waals surface area contributed by atoms with Gasteiger partial charge in [-0.2, -0.15) is 5.10 Å². The largest absolute Gasteiger partial charge is 0.490 e. The Morgan fingerprint density at radius 2 is 2.00 bits per heavy atom. The summed E-state index contributed by atoms with van der Waals surface area (Å²) in [5.74, 6) is 1.06. The van der Waals surface area contributed by atoms with Crippen LogP contribution in [0.1, 0.15) is 18.1 Å². The first-order valence-corrected chi connectivity index (χ1v) is 9.42. The summed E-state index contributed by atoms with van der Waals surface area (Å²) in [5.41, 5.74) is 4.92. The molecule has 0 aliphatic rings. The van der Waals surface area contributed by atoms with E-state index in [1.807, 2.05) is 43.3 Å². The van der Waals surface area contributed by atoms with Crippen LogP contribution in [0.2, 0.25) is 10.0 Å². The topological polar surface area (TPSA) is 64.1 Å². The van der Waals surface area contributed by atoms with Crippen LogP contribution >= 0.6 is 35.4 Å². The quantitative estimate of drug-likeness (QED) is 0.499. The van der Waals surface area contributed by atoms with E-state index in [1.54, 1.807) is 11.0 Å². The van der Waals surface area contributed by atoms with Gasteiger partial charge < -0.3 is 14.9 Å². The Morgan fingerprint density at radius 1 is 1.19 bits per heavy atom. The predicted molar refractivity (Wildman–Crippen MR) is 109 cm³/mol. The van der Waals surface area contributed by atoms with Crippen LogP contribution in [0.4, 0.5) is 0 Å². The standard InChI is InChI=1S/C18H18Cl2N4O2S/c1-2-25-16-8-12(9-22-24-11-21-23-18(24)27)7-15(20)17(16)26-10-13-5-3-4-6-14(13)19/h3-8,11,22H,2,9-10H2,1H3,(H,23,27). The second kappa shape index (κ2) is 9.12. The number of hydrogen-bond donors (Lipinski definition) is 2. The molecule has 9 heteroatoms. The van der Waals surface area contributed by atoms with Crippen LogP contribution in [-0.4, -0.2) is 21.5 Å². The van der Waals surface area contributed by atoms with E-state index in [0.717, 1.165) is 11.1 Å². The zero-order valence-corrected chi connectivity index (χ0v) is 16.9. The van der Waals surface area contributed by atoms with Crippen molar-refractivity contribution < 1.29 is 9.47 Å². The number of nitrogens with one attached hydrogen (secondary N) is 2. The number of nitrogens with zero attached hydrogens (tertiary/aromatic N) is 2. The van der Waals surface area contributed by atoms with E-state index in [2.05, 4.69) is 15.6 Å². The molecule has 0 saturated heterocycles. The lowest BCUT2D eigenvalue weighted by Gasteiger charge is -2.16. The second-order valence-electron chi connectivity index (χ2n) is 5.58. The van der Waals surface area contributed by atoms with Crippen molar-refractivity contribution in [1.82, 2.24) is 14.9 Å². The van der Waals surface area contributed by atoms with Crippen LogP contribution in [0.5, 0.6) is 11.5 Å². The lowest BCUT2D eigenvalue weighted by atomic mass is 10.2. The van der Waals surface area contributed by atoms with Crippen molar-refractivity contribution in [2.24, 2.45) is 0 Å². The monoisotopic (exact) mass is 424 g/mol. The molecule has 2 N–H and O–H groups in total. The third-order valence-corrected chi connectivity index (χ3v) is 4.64. The predicted octanol–water partition coefficient (Wildman–Crippen LogP) is 4.97. The molecule has 0 saturated carbocycles. The molecule has 142 valence electrons. The summed E-state index contributed by atoms with van der Waals surface area (Å²) in [5, 5.41) is 7.64. The van der Waals surface area contributed by atoms with Crippen molar-refractivity contribution in [2.75, 3.05) is 12.0 Å². The average Bonchev–Trinajstić information content (AvgIpc) is 3.06. The SMILES string of the molecule is CCOc1cc(CNn2cn[nH]c2=S)cc(Cl)c1OCc1ccccc1Cl. The molecule has 0 bridgehead atoms. The number of benzene rings is 2. The molecule has 2 aromatic carbocycles. The highest BCUT2D eigenvalue weighted by Gasteiger charge is 2.14. The maximum atomic E-state index is 6.46. The Labute approximate surface area is 172 Å². The van der Waals surface area contributed by atoms with Gasteiger partial charge in [0.1, 0.15) is 12.9 Å². The van der Waals surface area contributed by atoms with Crippen molar-refractivity contribution >= 4 is 35.4 Å². The highest BCUT2D eigenvalue weighted by Crippen LogP contribution is 2.37. The van der Waals surface area contributed by atoms with Crippen LogP contribution in [0.15, 0.2) is 42.7 Å². The average molecular weight is 425 g/mol. The molecule has 3 rings (SSSR count). The Kier molecular flexibility index (Phi) is 6.60. The van der Waals surface area contributed by atoms with E-state index in [0.29, 0.717) is 46.1 Å². The normalized spacial score (nSPS) is 10.6. The summed E-state index contributed by atoms with van der Waals surface area (Å²) in [6.07, 6.45) is 1.56. The molecule has 0 aliphatic heterocycles. The molecule has 0 spiro atoms. The van der Waals surface area contributed by atoms with Gasteiger partial charge in [-0.3, -0.25) is 5.10 Å². The lowest BCUT2D eigenvalue weighted by Crippen LogP contribution is -2.13. The maximum Gasteiger partial charge on any atom is 0.214 e. The third-order valence-electron chi connectivity index (χ3n) is 3.70. The van der Waals surface area contributed by atoms with Gasteiger partial charge >= 0.3 is 0 Å². The number of rotatable bonds is 8. The first-order chi connectivity index (χ1) is 13.1. The minimum atomic E-state index is 0.293. The van der Waals surface area contributed by atoms with E-state index in [1.165, 1.54) is 0 Å². The molecular formula is C18H18Cl2N4O2S. The molecule has 0 aliphatic carbocycles. The molecular weight excluding hydrogens is 407 g/mol. The van der Waals surface area contributed by atoms with Crippen molar-refractivity contribution in [3.05, 3.63) is 68.7 Å². The second-order valence-corrected chi connectivity index (χ2v) is 6.79. The molecule has 1 heterocycles. The number of H-pyrrole nitrogens is 1. The Bertz CT molecular complexity index is 974. The van der Waals surface area contributed by atoms with Crippen LogP contribution in [0, 0.1) is 4.77 Å². The van der Waals surface area contributed by atoms with Gasteiger partial charge in [-0.25, -0.2) is 4.68 Å². The molecule has 0 fully saturated rings. The van der Waals surface area contributed by atoms with Gasteiger partial charge in [-0.05, 0) is 42.9 Å². The first kappa shape index (κ1) is 19.5. The van der Waals surface area contributed by atoms with Crippen LogP contribution < -0.4 is 14.9 Å². The molecule has 0 amide bonds. The van der Waals surface area contributed by atoms with E-state index in [9.17, 15) is 0 Å².